The van der Waals surface area contributed by atoms with Crippen LogP contribution in [0.15, 0.2) is 21.6 Å². The summed E-state index contributed by atoms with van der Waals surface area (Å²) in [5.74, 6) is 1.66. The van der Waals surface area contributed by atoms with Crippen molar-refractivity contribution in [3.8, 4) is 23.1 Å². The van der Waals surface area contributed by atoms with E-state index in [1.165, 1.54) is 11.3 Å². The largest absolute Gasteiger partial charge is 0.336 e. The molecule has 0 aromatic carbocycles. The first kappa shape index (κ1) is 11.7. The number of hydrogen-bond donors (Lipinski definition) is 2. The maximum Gasteiger partial charge on any atom is 0.276 e. The summed E-state index contributed by atoms with van der Waals surface area (Å²) in [6.07, 6.45) is 4.73. The number of nitrogens with zero attached hydrogens (tertiary/aromatic N) is 4. The number of hydrogen-bond acceptors (Lipinski definition) is 7. The number of aromatic amines is 1. The molecule has 3 aromatic rings. The van der Waals surface area contributed by atoms with Gasteiger partial charge in [-0.2, -0.15) is 4.98 Å². The third-order valence-corrected chi connectivity index (χ3v) is 4.20. The van der Waals surface area contributed by atoms with E-state index in [2.05, 4.69) is 25.1 Å². The van der Waals surface area contributed by atoms with E-state index >= 15 is 0 Å². The van der Waals surface area contributed by atoms with Gasteiger partial charge >= 0.3 is 0 Å². The Labute approximate surface area is 118 Å². The highest BCUT2D eigenvalue weighted by Gasteiger charge is 2.37. The molecule has 0 radical (unpaired) electrons. The van der Waals surface area contributed by atoms with Crippen molar-refractivity contribution < 1.29 is 4.52 Å². The van der Waals surface area contributed by atoms with E-state index in [4.69, 9.17) is 10.3 Å². The molecule has 8 heteroatoms. The van der Waals surface area contributed by atoms with Crippen molar-refractivity contribution in [2.75, 3.05) is 0 Å². The second kappa shape index (κ2) is 4.22. The molecule has 0 spiro atoms. The number of rotatable bonds is 3. The Morgan fingerprint density at radius 2 is 2.25 bits per heavy atom. The monoisotopic (exact) mass is 288 g/mol. The van der Waals surface area contributed by atoms with Gasteiger partial charge in [-0.1, -0.05) is 5.16 Å². The summed E-state index contributed by atoms with van der Waals surface area (Å²) in [4.78, 5) is 16.0. The molecular weight excluding hydrogens is 276 g/mol. The van der Waals surface area contributed by atoms with Gasteiger partial charge in [-0.15, -0.1) is 11.3 Å². The van der Waals surface area contributed by atoms with Crippen LogP contribution in [0, 0.1) is 0 Å². The molecule has 1 aliphatic carbocycles. The summed E-state index contributed by atoms with van der Waals surface area (Å²) in [5.41, 5.74) is 9.03. The van der Waals surface area contributed by atoms with Gasteiger partial charge in [0.1, 0.15) is 17.2 Å². The summed E-state index contributed by atoms with van der Waals surface area (Å²) in [6.45, 7) is 0. The molecule has 20 heavy (non-hydrogen) atoms. The Morgan fingerprint density at radius 1 is 1.35 bits per heavy atom. The summed E-state index contributed by atoms with van der Waals surface area (Å²) in [5, 5.41) is 5.79. The Morgan fingerprint density at radius 3 is 2.95 bits per heavy atom. The summed E-state index contributed by atoms with van der Waals surface area (Å²) >= 11 is 1.49. The Balaban J connectivity index is 1.65. The smallest absolute Gasteiger partial charge is 0.276 e. The highest BCUT2D eigenvalue weighted by Crippen LogP contribution is 2.37. The van der Waals surface area contributed by atoms with Crippen molar-refractivity contribution in [3.05, 3.63) is 22.9 Å². The topological polar surface area (TPSA) is 107 Å². The van der Waals surface area contributed by atoms with Gasteiger partial charge in [-0.3, -0.25) is 0 Å². The average molecular weight is 288 g/mol. The normalized spacial score (nSPS) is 17.1. The van der Waals surface area contributed by atoms with Gasteiger partial charge in [-0.25, -0.2) is 9.97 Å². The zero-order valence-corrected chi connectivity index (χ0v) is 11.4. The van der Waals surface area contributed by atoms with Crippen LogP contribution in [-0.2, 0) is 5.54 Å². The van der Waals surface area contributed by atoms with E-state index in [0.29, 0.717) is 23.1 Å². The molecule has 3 heterocycles. The minimum Gasteiger partial charge on any atom is -0.336 e. The van der Waals surface area contributed by atoms with Gasteiger partial charge in [-0.05, 0) is 19.3 Å². The standard InChI is InChI=1S/C12H12N6OS/c13-12(2-1-3-12)11-14-4-7(16-11)10-17-9(18-19-10)8-5-20-6-15-8/h4-6H,1-3,13H2,(H,14,16). The molecule has 1 aliphatic rings. The molecular formula is C12H12N6OS. The lowest BCUT2D eigenvalue weighted by Crippen LogP contribution is -2.44. The van der Waals surface area contributed by atoms with Crippen LogP contribution in [0.1, 0.15) is 25.1 Å². The van der Waals surface area contributed by atoms with E-state index < -0.39 is 0 Å². The van der Waals surface area contributed by atoms with E-state index in [1.54, 1.807) is 11.7 Å². The van der Waals surface area contributed by atoms with Gasteiger partial charge in [0.05, 0.1) is 17.2 Å². The SMILES string of the molecule is NC1(c2ncc(-c3nc(-c4cscn4)no3)[nH]2)CCC1. The van der Waals surface area contributed by atoms with Crippen LogP contribution in [0.25, 0.3) is 23.1 Å². The fourth-order valence-corrected chi connectivity index (χ4v) is 2.77. The number of aromatic nitrogens is 5. The molecule has 7 nitrogen and oxygen atoms in total. The van der Waals surface area contributed by atoms with Crippen LogP contribution in [-0.4, -0.2) is 25.1 Å². The number of nitrogens with two attached hydrogens (primary N) is 1. The minimum atomic E-state index is -0.323. The molecule has 102 valence electrons. The maximum absolute atomic E-state index is 6.23. The first-order valence-electron chi connectivity index (χ1n) is 6.32. The summed E-state index contributed by atoms with van der Waals surface area (Å²) < 4.78 is 5.24. The fraction of sp³-hybridized carbons (Fsp3) is 0.333. The van der Waals surface area contributed by atoms with E-state index in [9.17, 15) is 0 Å². The minimum absolute atomic E-state index is 0.323. The van der Waals surface area contributed by atoms with Crippen molar-refractivity contribution in [1.29, 1.82) is 0 Å². The predicted molar refractivity (Wildman–Crippen MR) is 72.7 cm³/mol. The third-order valence-electron chi connectivity index (χ3n) is 3.61. The van der Waals surface area contributed by atoms with Crippen molar-refractivity contribution in [2.24, 2.45) is 5.73 Å². The van der Waals surface area contributed by atoms with Crippen LogP contribution in [0.5, 0.6) is 0 Å². The number of thiazole rings is 1. The van der Waals surface area contributed by atoms with Crippen LogP contribution in [0.4, 0.5) is 0 Å². The molecule has 0 bridgehead atoms. The lowest BCUT2D eigenvalue weighted by atomic mass is 9.77. The molecule has 0 aliphatic heterocycles. The predicted octanol–water partition coefficient (Wildman–Crippen LogP) is 1.92. The fourth-order valence-electron chi connectivity index (χ4n) is 2.24. The molecule has 0 saturated heterocycles. The number of nitrogens with one attached hydrogen (secondary N) is 1. The van der Waals surface area contributed by atoms with Crippen molar-refractivity contribution >= 4 is 11.3 Å². The Hall–Kier alpha value is -2.06. The van der Waals surface area contributed by atoms with Crippen LogP contribution in [0.3, 0.4) is 0 Å². The summed E-state index contributed by atoms with van der Waals surface area (Å²) in [7, 11) is 0. The molecule has 3 aromatic heterocycles. The second-order valence-corrected chi connectivity index (χ2v) is 5.67. The molecule has 4 rings (SSSR count). The van der Waals surface area contributed by atoms with Crippen LogP contribution < -0.4 is 5.73 Å². The lowest BCUT2D eigenvalue weighted by molar-refractivity contribution is 0.240. The zero-order chi connectivity index (χ0) is 13.6. The Bertz CT molecular complexity index is 727. The second-order valence-electron chi connectivity index (χ2n) is 4.95. The van der Waals surface area contributed by atoms with Gasteiger partial charge in [0, 0.05) is 5.38 Å². The van der Waals surface area contributed by atoms with Crippen molar-refractivity contribution in [1.82, 2.24) is 25.1 Å². The third kappa shape index (κ3) is 1.76. The molecule has 0 unspecified atom stereocenters. The highest BCUT2D eigenvalue weighted by molar-refractivity contribution is 7.07. The van der Waals surface area contributed by atoms with Crippen LogP contribution in [0.2, 0.25) is 0 Å². The average Bonchev–Trinajstić information content (AvgIpc) is 3.13. The van der Waals surface area contributed by atoms with E-state index in [0.717, 1.165) is 25.1 Å². The van der Waals surface area contributed by atoms with E-state index in [1.807, 2.05) is 5.38 Å². The molecule has 1 fully saturated rings. The summed E-state index contributed by atoms with van der Waals surface area (Å²) in [6, 6.07) is 0. The number of H-pyrrole nitrogens is 1. The maximum atomic E-state index is 6.23. The molecule has 0 atom stereocenters. The Kier molecular flexibility index (Phi) is 2.48. The van der Waals surface area contributed by atoms with Gasteiger partial charge in [0.15, 0.2) is 0 Å². The number of imidazole rings is 1. The quantitative estimate of drug-likeness (QED) is 0.762. The van der Waals surface area contributed by atoms with Crippen molar-refractivity contribution in [3.63, 3.8) is 0 Å². The molecule has 1 saturated carbocycles. The van der Waals surface area contributed by atoms with Gasteiger partial charge < -0.3 is 15.2 Å². The molecule has 3 N–H and O–H groups in total. The lowest BCUT2D eigenvalue weighted by Gasteiger charge is -2.35. The van der Waals surface area contributed by atoms with Crippen LogP contribution >= 0.6 is 11.3 Å². The van der Waals surface area contributed by atoms with Gasteiger partial charge in [0.2, 0.25) is 5.82 Å². The molecule has 0 amide bonds. The van der Waals surface area contributed by atoms with Gasteiger partial charge in [0.25, 0.3) is 5.89 Å². The first-order chi connectivity index (χ1) is 9.74. The highest BCUT2D eigenvalue weighted by atomic mass is 32.1. The first-order valence-corrected chi connectivity index (χ1v) is 7.26. The van der Waals surface area contributed by atoms with E-state index in [-0.39, 0.29) is 5.54 Å². The zero-order valence-electron chi connectivity index (χ0n) is 10.5. The van der Waals surface area contributed by atoms with Crippen molar-refractivity contribution in [2.45, 2.75) is 24.8 Å².